The maximum atomic E-state index is 13.3. The summed E-state index contributed by atoms with van der Waals surface area (Å²) in [4.78, 5) is 2.30. The average Bonchev–Trinajstić information content (AvgIpc) is 3.12. The second-order valence-corrected chi connectivity index (χ2v) is 7.80. The smallest absolute Gasteiger partial charge is 0.192 e. The molecule has 0 N–H and O–H groups in total. The van der Waals surface area contributed by atoms with Crippen LogP contribution in [0.2, 0.25) is 5.02 Å². The van der Waals surface area contributed by atoms with E-state index in [2.05, 4.69) is 59.8 Å². The van der Waals surface area contributed by atoms with E-state index in [1.54, 1.807) is 6.07 Å². The van der Waals surface area contributed by atoms with E-state index in [1.165, 1.54) is 29.6 Å². The van der Waals surface area contributed by atoms with Crippen molar-refractivity contribution in [3.8, 4) is 11.4 Å². The van der Waals surface area contributed by atoms with Crippen molar-refractivity contribution in [1.82, 2.24) is 14.8 Å². The number of halogens is 2. The van der Waals surface area contributed by atoms with E-state index in [0.29, 0.717) is 17.3 Å². The molecule has 0 aliphatic heterocycles. The highest BCUT2D eigenvalue weighted by Gasteiger charge is 2.15. The van der Waals surface area contributed by atoms with E-state index in [9.17, 15) is 4.39 Å². The number of anilines is 1. The molecule has 0 radical (unpaired) electrons. The SMILES string of the molecule is C=CCn1c(SCc2ccc(F)cc2Cl)nnc1-c1ccc(N(CC)CC)cc1. The lowest BCUT2D eigenvalue weighted by atomic mass is 10.2. The molecule has 7 heteroatoms. The summed E-state index contributed by atoms with van der Waals surface area (Å²) < 4.78 is 15.3. The van der Waals surface area contributed by atoms with Crippen LogP contribution in [0, 0.1) is 5.82 Å². The van der Waals surface area contributed by atoms with Crippen molar-refractivity contribution < 1.29 is 4.39 Å². The molecular weight excluding hydrogens is 407 g/mol. The summed E-state index contributed by atoms with van der Waals surface area (Å²) in [6.07, 6.45) is 1.83. The van der Waals surface area contributed by atoms with E-state index in [4.69, 9.17) is 11.6 Å². The van der Waals surface area contributed by atoms with Gasteiger partial charge in [0.1, 0.15) is 5.82 Å². The summed E-state index contributed by atoms with van der Waals surface area (Å²) in [6.45, 7) is 10.7. The second kappa shape index (κ2) is 9.94. The molecule has 0 aliphatic rings. The maximum Gasteiger partial charge on any atom is 0.192 e. The summed E-state index contributed by atoms with van der Waals surface area (Å²) in [6, 6.07) is 12.8. The molecule has 2 aromatic carbocycles. The quantitative estimate of drug-likeness (QED) is 0.305. The van der Waals surface area contributed by atoms with Crippen LogP contribution >= 0.6 is 23.4 Å². The number of allylic oxidation sites excluding steroid dienone is 1. The van der Waals surface area contributed by atoms with Crippen molar-refractivity contribution in [2.45, 2.75) is 31.3 Å². The topological polar surface area (TPSA) is 34.0 Å². The third-order valence-corrected chi connectivity index (χ3v) is 6.02. The zero-order valence-electron chi connectivity index (χ0n) is 16.6. The molecule has 0 saturated heterocycles. The minimum Gasteiger partial charge on any atom is -0.372 e. The van der Waals surface area contributed by atoms with Gasteiger partial charge >= 0.3 is 0 Å². The first-order valence-electron chi connectivity index (χ1n) is 9.53. The van der Waals surface area contributed by atoms with Crippen molar-refractivity contribution in [3.05, 3.63) is 71.5 Å². The van der Waals surface area contributed by atoms with Gasteiger partial charge in [-0.1, -0.05) is 35.5 Å². The Morgan fingerprint density at radius 3 is 2.48 bits per heavy atom. The molecule has 0 spiro atoms. The van der Waals surface area contributed by atoms with E-state index < -0.39 is 0 Å². The van der Waals surface area contributed by atoms with Gasteiger partial charge < -0.3 is 4.90 Å². The highest BCUT2D eigenvalue weighted by atomic mass is 35.5. The highest BCUT2D eigenvalue weighted by molar-refractivity contribution is 7.98. The second-order valence-electron chi connectivity index (χ2n) is 6.45. The fourth-order valence-corrected chi connectivity index (χ4v) is 4.36. The van der Waals surface area contributed by atoms with Gasteiger partial charge in [0.25, 0.3) is 0 Å². The number of hydrogen-bond acceptors (Lipinski definition) is 4. The molecule has 29 heavy (non-hydrogen) atoms. The van der Waals surface area contributed by atoms with E-state index >= 15 is 0 Å². The van der Waals surface area contributed by atoms with Gasteiger partial charge in [0.15, 0.2) is 11.0 Å². The van der Waals surface area contributed by atoms with Crippen LogP contribution in [-0.2, 0) is 12.3 Å². The Bertz CT molecular complexity index is 967. The van der Waals surface area contributed by atoms with Gasteiger partial charge in [0.2, 0.25) is 0 Å². The first-order valence-corrected chi connectivity index (χ1v) is 10.9. The summed E-state index contributed by atoms with van der Waals surface area (Å²) in [5.41, 5.74) is 3.05. The van der Waals surface area contributed by atoms with Crippen LogP contribution in [0.15, 0.2) is 60.3 Å². The van der Waals surface area contributed by atoms with Crippen LogP contribution in [0.1, 0.15) is 19.4 Å². The minimum absolute atomic E-state index is 0.339. The van der Waals surface area contributed by atoms with Crippen molar-refractivity contribution in [1.29, 1.82) is 0 Å². The molecule has 0 fully saturated rings. The number of benzene rings is 2. The molecule has 3 aromatic rings. The molecule has 0 unspecified atom stereocenters. The molecule has 1 aromatic heterocycles. The Hall–Kier alpha value is -2.31. The molecule has 152 valence electrons. The Morgan fingerprint density at radius 1 is 1.14 bits per heavy atom. The average molecular weight is 431 g/mol. The van der Waals surface area contributed by atoms with Gasteiger partial charge in [-0.15, -0.1) is 16.8 Å². The number of nitrogens with zero attached hydrogens (tertiary/aromatic N) is 4. The molecule has 4 nitrogen and oxygen atoms in total. The number of thioether (sulfide) groups is 1. The molecule has 0 aliphatic carbocycles. The first-order chi connectivity index (χ1) is 14.1. The van der Waals surface area contributed by atoms with E-state index in [1.807, 2.05) is 10.6 Å². The Labute approximate surface area is 180 Å². The van der Waals surface area contributed by atoms with Gasteiger partial charge in [0, 0.05) is 41.7 Å². The number of aromatic nitrogens is 3. The fraction of sp³-hybridized carbons (Fsp3) is 0.273. The zero-order valence-corrected chi connectivity index (χ0v) is 18.2. The van der Waals surface area contributed by atoms with Crippen LogP contribution in [0.5, 0.6) is 0 Å². The fourth-order valence-electron chi connectivity index (χ4n) is 3.09. The Balaban J connectivity index is 1.83. The number of hydrogen-bond donors (Lipinski definition) is 0. The highest BCUT2D eigenvalue weighted by Crippen LogP contribution is 2.30. The predicted molar refractivity (Wildman–Crippen MR) is 120 cm³/mol. The van der Waals surface area contributed by atoms with Gasteiger partial charge in [-0.25, -0.2) is 4.39 Å². The van der Waals surface area contributed by atoms with Crippen molar-refractivity contribution in [3.63, 3.8) is 0 Å². The zero-order chi connectivity index (χ0) is 20.8. The third-order valence-electron chi connectivity index (χ3n) is 4.65. The predicted octanol–water partition coefficient (Wildman–Crippen LogP) is 6.06. The lowest BCUT2D eigenvalue weighted by Crippen LogP contribution is -2.21. The van der Waals surface area contributed by atoms with Gasteiger partial charge in [0.05, 0.1) is 0 Å². The summed E-state index contributed by atoms with van der Waals surface area (Å²) in [7, 11) is 0. The van der Waals surface area contributed by atoms with E-state index in [0.717, 1.165) is 35.2 Å². The van der Waals surface area contributed by atoms with Crippen LogP contribution in [0.25, 0.3) is 11.4 Å². The molecule has 0 amide bonds. The maximum absolute atomic E-state index is 13.3. The monoisotopic (exact) mass is 430 g/mol. The Kier molecular flexibility index (Phi) is 7.34. The van der Waals surface area contributed by atoms with Crippen LogP contribution in [-0.4, -0.2) is 27.9 Å². The lowest BCUT2D eigenvalue weighted by molar-refractivity contribution is 0.627. The van der Waals surface area contributed by atoms with Crippen LogP contribution in [0.3, 0.4) is 0 Å². The van der Waals surface area contributed by atoms with Crippen molar-refractivity contribution in [2.75, 3.05) is 18.0 Å². The number of rotatable bonds is 9. The van der Waals surface area contributed by atoms with Gasteiger partial charge in [-0.2, -0.15) is 0 Å². The molecule has 1 heterocycles. The molecule has 0 atom stereocenters. The molecule has 3 rings (SSSR count). The first kappa shape index (κ1) is 21.4. The minimum atomic E-state index is -0.339. The Morgan fingerprint density at radius 2 is 1.86 bits per heavy atom. The third kappa shape index (κ3) is 5.00. The normalized spacial score (nSPS) is 10.9. The van der Waals surface area contributed by atoms with Crippen molar-refractivity contribution >= 4 is 29.1 Å². The van der Waals surface area contributed by atoms with Crippen molar-refractivity contribution in [2.24, 2.45) is 0 Å². The summed E-state index contributed by atoms with van der Waals surface area (Å²) >= 11 is 7.66. The summed E-state index contributed by atoms with van der Waals surface area (Å²) in [5.74, 6) is 1.03. The molecule has 0 saturated carbocycles. The van der Waals surface area contributed by atoms with Crippen LogP contribution < -0.4 is 4.90 Å². The van der Waals surface area contributed by atoms with Gasteiger partial charge in [-0.3, -0.25) is 4.57 Å². The van der Waals surface area contributed by atoms with Gasteiger partial charge in [-0.05, 0) is 55.8 Å². The lowest BCUT2D eigenvalue weighted by Gasteiger charge is -2.21. The summed E-state index contributed by atoms with van der Waals surface area (Å²) in [5, 5.41) is 9.96. The van der Waals surface area contributed by atoms with E-state index in [-0.39, 0.29) is 5.82 Å². The molecule has 0 bridgehead atoms. The standard InChI is InChI=1S/C22H24ClFN4S/c1-4-13-28-21(16-8-11-19(12-9-16)27(5-2)6-3)25-26-22(28)29-15-17-7-10-18(24)14-20(17)23/h4,7-12,14H,1,5-6,13,15H2,2-3H3. The molecular formula is C22H24ClFN4S. The van der Waals surface area contributed by atoms with Crippen LogP contribution in [0.4, 0.5) is 10.1 Å². The largest absolute Gasteiger partial charge is 0.372 e.